The zero-order chi connectivity index (χ0) is 12.3. The van der Waals surface area contributed by atoms with Crippen LogP contribution in [0.5, 0.6) is 0 Å². The van der Waals surface area contributed by atoms with E-state index in [2.05, 4.69) is 43.2 Å². The number of halogens is 1. The van der Waals surface area contributed by atoms with Gasteiger partial charge in [0.1, 0.15) is 5.82 Å². The van der Waals surface area contributed by atoms with Crippen LogP contribution in [0.25, 0.3) is 0 Å². The third-order valence-corrected chi connectivity index (χ3v) is 3.89. The lowest BCUT2D eigenvalue weighted by atomic mass is 10.1. The van der Waals surface area contributed by atoms with Gasteiger partial charge in [-0.1, -0.05) is 39.8 Å². The monoisotopic (exact) mass is 312 g/mol. The lowest BCUT2D eigenvalue weighted by Gasteiger charge is -2.12. The molecule has 1 unspecified atom stereocenters. The Labute approximate surface area is 113 Å². The predicted octanol–water partition coefficient (Wildman–Crippen LogP) is 2.67. The van der Waals surface area contributed by atoms with Gasteiger partial charge in [-0.2, -0.15) is 0 Å². The Balaban J connectivity index is 2.16. The average Bonchev–Trinajstić information content (AvgIpc) is 2.72. The number of thioether (sulfide) groups is 1. The number of aromatic nitrogens is 3. The number of benzene rings is 1. The summed E-state index contributed by atoms with van der Waals surface area (Å²) in [5, 5.41) is 7.84. The molecule has 90 valence electrons. The first-order valence-corrected chi connectivity index (χ1v) is 6.87. The fraction of sp³-hybridized carbons (Fsp3) is 0.273. The number of H-pyrrole nitrogens is 1. The molecular formula is C11H13BrN4S. The molecule has 0 amide bonds. The van der Waals surface area contributed by atoms with Gasteiger partial charge in [-0.3, -0.25) is 5.10 Å². The van der Waals surface area contributed by atoms with E-state index >= 15 is 0 Å². The second kappa shape index (κ2) is 5.66. The van der Waals surface area contributed by atoms with Crippen LogP contribution in [0.2, 0.25) is 0 Å². The molecule has 3 N–H and O–H groups in total. The van der Waals surface area contributed by atoms with Gasteiger partial charge in [-0.05, 0) is 24.6 Å². The first-order chi connectivity index (χ1) is 8.19. The molecule has 0 bridgehead atoms. The molecule has 0 fully saturated rings. The maximum Gasteiger partial charge on any atom is 0.209 e. The van der Waals surface area contributed by atoms with Crippen molar-refractivity contribution in [3.05, 3.63) is 40.1 Å². The molecule has 1 aromatic heterocycles. The average molecular weight is 313 g/mol. The molecule has 2 aromatic rings. The van der Waals surface area contributed by atoms with Gasteiger partial charge in [0.15, 0.2) is 0 Å². The van der Waals surface area contributed by atoms with Crippen LogP contribution >= 0.6 is 27.7 Å². The normalized spacial score (nSPS) is 12.6. The van der Waals surface area contributed by atoms with E-state index in [9.17, 15) is 0 Å². The van der Waals surface area contributed by atoms with E-state index in [0.29, 0.717) is 6.54 Å². The number of hydrogen-bond acceptors (Lipinski definition) is 4. The fourth-order valence-corrected chi connectivity index (χ4v) is 2.80. The van der Waals surface area contributed by atoms with Crippen LogP contribution < -0.4 is 5.73 Å². The molecule has 2 rings (SSSR count). The Kier molecular flexibility index (Phi) is 4.20. The number of rotatable bonds is 4. The molecule has 0 radical (unpaired) electrons. The van der Waals surface area contributed by atoms with Gasteiger partial charge in [0.2, 0.25) is 5.16 Å². The minimum Gasteiger partial charge on any atom is -0.329 e. The topological polar surface area (TPSA) is 67.6 Å². The Hall–Kier alpha value is -0.850. The molecule has 17 heavy (non-hydrogen) atoms. The lowest BCUT2D eigenvalue weighted by molar-refractivity contribution is 0.913. The van der Waals surface area contributed by atoms with E-state index in [1.54, 1.807) is 11.8 Å². The summed E-state index contributed by atoms with van der Waals surface area (Å²) in [4.78, 5) is 4.28. The zero-order valence-corrected chi connectivity index (χ0v) is 11.8. The molecule has 1 aromatic carbocycles. The van der Waals surface area contributed by atoms with Crippen LogP contribution in [-0.4, -0.2) is 21.7 Å². The number of hydrogen-bond donors (Lipinski definition) is 2. The van der Waals surface area contributed by atoms with Crippen molar-refractivity contribution >= 4 is 27.7 Å². The summed E-state index contributed by atoms with van der Waals surface area (Å²) < 4.78 is 1.06. The van der Waals surface area contributed by atoms with E-state index in [0.717, 1.165) is 15.5 Å². The van der Waals surface area contributed by atoms with Crippen molar-refractivity contribution in [3.63, 3.8) is 0 Å². The number of nitrogens with one attached hydrogen (secondary N) is 1. The highest BCUT2D eigenvalue weighted by Crippen LogP contribution is 2.33. The minimum absolute atomic E-state index is 0.169. The molecule has 1 heterocycles. The smallest absolute Gasteiger partial charge is 0.209 e. The molecule has 4 nitrogen and oxygen atoms in total. The Bertz CT molecular complexity index is 500. The highest BCUT2D eigenvalue weighted by molar-refractivity contribution is 9.10. The summed E-state index contributed by atoms with van der Waals surface area (Å²) >= 11 is 5.03. The largest absolute Gasteiger partial charge is 0.329 e. The van der Waals surface area contributed by atoms with E-state index < -0.39 is 0 Å². The molecule has 0 aliphatic heterocycles. The first kappa shape index (κ1) is 12.6. The van der Waals surface area contributed by atoms with Gasteiger partial charge in [-0.15, -0.1) is 5.10 Å². The summed E-state index contributed by atoms with van der Waals surface area (Å²) in [5.74, 6) is 0.817. The van der Waals surface area contributed by atoms with Crippen molar-refractivity contribution < 1.29 is 0 Å². The van der Waals surface area contributed by atoms with Crippen LogP contribution in [-0.2, 0) is 0 Å². The summed E-state index contributed by atoms with van der Waals surface area (Å²) in [5.41, 5.74) is 6.98. The van der Waals surface area contributed by atoms with Crippen LogP contribution in [0, 0.1) is 6.92 Å². The van der Waals surface area contributed by atoms with Crippen molar-refractivity contribution in [3.8, 4) is 0 Å². The molecule has 0 aliphatic rings. The van der Waals surface area contributed by atoms with E-state index in [1.807, 2.05) is 19.1 Å². The highest BCUT2D eigenvalue weighted by Gasteiger charge is 2.14. The molecule has 0 saturated carbocycles. The third kappa shape index (κ3) is 3.31. The summed E-state index contributed by atoms with van der Waals surface area (Å²) in [6, 6.07) is 8.14. The van der Waals surface area contributed by atoms with Crippen LogP contribution in [0.3, 0.4) is 0 Å². The molecular weight excluding hydrogens is 300 g/mol. The first-order valence-electron chi connectivity index (χ1n) is 5.20. The van der Waals surface area contributed by atoms with Gasteiger partial charge in [0.05, 0.1) is 0 Å². The lowest BCUT2D eigenvalue weighted by Crippen LogP contribution is -2.09. The maximum atomic E-state index is 5.81. The van der Waals surface area contributed by atoms with E-state index in [1.165, 1.54) is 5.56 Å². The van der Waals surface area contributed by atoms with Crippen molar-refractivity contribution in [1.29, 1.82) is 0 Å². The highest BCUT2D eigenvalue weighted by atomic mass is 79.9. The van der Waals surface area contributed by atoms with Crippen LogP contribution in [0.1, 0.15) is 16.6 Å². The SMILES string of the molecule is Cc1nc(SC(CN)c2cccc(Br)c2)n[nH]1. The maximum absolute atomic E-state index is 5.81. The van der Waals surface area contributed by atoms with Crippen molar-refractivity contribution in [2.45, 2.75) is 17.3 Å². The van der Waals surface area contributed by atoms with Crippen molar-refractivity contribution in [2.24, 2.45) is 5.73 Å². The third-order valence-electron chi connectivity index (χ3n) is 2.26. The summed E-state index contributed by atoms with van der Waals surface area (Å²) in [6.45, 7) is 2.43. The van der Waals surface area contributed by atoms with Gasteiger partial charge >= 0.3 is 0 Å². The van der Waals surface area contributed by atoms with Gasteiger partial charge in [-0.25, -0.2) is 4.98 Å². The van der Waals surface area contributed by atoms with Gasteiger partial charge in [0, 0.05) is 16.3 Å². The zero-order valence-electron chi connectivity index (χ0n) is 9.35. The Morgan fingerprint density at radius 2 is 2.35 bits per heavy atom. The summed E-state index contributed by atoms with van der Waals surface area (Å²) in [6.07, 6.45) is 0. The Morgan fingerprint density at radius 3 is 2.94 bits per heavy atom. The number of aryl methyl sites for hydroxylation is 1. The van der Waals surface area contributed by atoms with Gasteiger partial charge in [0.25, 0.3) is 0 Å². The Morgan fingerprint density at radius 1 is 1.53 bits per heavy atom. The molecule has 1 atom stereocenters. The second-order valence-electron chi connectivity index (χ2n) is 3.60. The van der Waals surface area contributed by atoms with Gasteiger partial charge < -0.3 is 5.73 Å². The van der Waals surface area contributed by atoms with Crippen molar-refractivity contribution in [2.75, 3.05) is 6.54 Å². The molecule has 0 saturated heterocycles. The van der Waals surface area contributed by atoms with E-state index in [4.69, 9.17) is 5.73 Å². The molecule has 6 heteroatoms. The number of aromatic amines is 1. The minimum atomic E-state index is 0.169. The molecule has 0 spiro atoms. The van der Waals surface area contributed by atoms with Crippen LogP contribution in [0.15, 0.2) is 33.9 Å². The molecule has 0 aliphatic carbocycles. The number of nitrogens with two attached hydrogens (primary N) is 1. The summed E-state index contributed by atoms with van der Waals surface area (Å²) in [7, 11) is 0. The van der Waals surface area contributed by atoms with Crippen LogP contribution in [0.4, 0.5) is 0 Å². The number of nitrogens with zero attached hydrogens (tertiary/aromatic N) is 2. The quantitative estimate of drug-likeness (QED) is 0.852. The standard InChI is InChI=1S/C11H13BrN4S/c1-7-14-11(16-15-7)17-10(6-13)8-3-2-4-9(12)5-8/h2-5,10H,6,13H2,1H3,(H,14,15,16). The van der Waals surface area contributed by atoms with E-state index in [-0.39, 0.29) is 5.25 Å². The second-order valence-corrected chi connectivity index (χ2v) is 5.69. The fourth-order valence-electron chi connectivity index (χ4n) is 1.46. The van der Waals surface area contributed by atoms with Crippen molar-refractivity contribution in [1.82, 2.24) is 15.2 Å². The predicted molar refractivity (Wildman–Crippen MR) is 72.9 cm³/mol.